The maximum Gasteiger partial charge on any atom is 0.338 e. The van der Waals surface area contributed by atoms with Crippen molar-refractivity contribution in [1.82, 2.24) is 14.6 Å². The number of esters is 1. The van der Waals surface area contributed by atoms with Gasteiger partial charge in [-0.15, -0.1) is 0 Å². The van der Waals surface area contributed by atoms with E-state index in [4.69, 9.17) is 4.74 Å². The summed E-state index contributed by atoms with van der Waals surface area (Å²) in [5, 5.41) is 15.9. The lowest BCUT2D eigenvalue weighted by atomic mass is 10.0. The van der Waals surface area contributed by atoms with Gasteiger partial charge in [-0.1, -0.05) is 24.8 Å². The van der Waals surface area contributed by atoms with Gasteiger partial charge in [-0.05, 0) is 24.6 Å². The van der Waals surface area contributed by atoms with Crippen LogP contribution in [0.1, 0.15) is 21.6 Å². The molecule has 0 fully saturated rings. The first-order valence-corrected chi connectivity index (χ1v) is 7.40. The molecule has 0 bridgehead atoms. The van der Waals surface area contributed by atoms with Crippen LogP contribution in [0.4, 0.5) is 0 Å². The second kappa shape index (κ2) is 6.16. The number of hydrogen-bond donors (Lipinski definition) is 1. The maximum atomic E-state index is 11.9. The van der Waals surface area contributed by atoms with Crippen molar-refractivity contribution < 1.29 is 14.6 Å². The number of ether oxygens (including phenoxy) is 1. The number of aliphatic hydroxyl groups excluding tert-OH is 1. The van der Waals surface area contributed by atoms with E-state index in [9.17, 15) is 9.90 Å². The fourth-order valence-corrected chi connectivity index (χ4v) is 2.64. The standard InChI is InChI=1S/C18H17N3O3/c1-11-8-12(2)21-17(20-11)15(10-19-21)16(22)9-13-6-4-5-7-14(13)18(23)24-3/h4-8,10,22H,1,9H2,2-3H3. The van der Waals surface area contributed by atoms with Gasteiger partial charge in [-0.25, -0.2) is 14.3 Å². The molecule has 0 aliphatic rings. The molecule has 122 valence electrons. The number of nitrogens with zero attached hydrogens (tertiary/aromatic N) is 3. The van der Waals surface area contributed by atoms with Crippen LogP contribution < -0.4 is 10.6 Å². The van der Waals surface area contributed by atoms with Crippen molar-refractivity contribution in [3.63, 3.8) is 0 Å². The van der Waals surface area contributed by atoms with Crippen LogP contribution >= 0.6 is 0 Å². The quantitative estimate of drug-likeness (QED) is 0.732. The summed E-state index contributed by atoms with van der Waals surface area (Å²) in [5.41, 5.74) is 2.50. The number of hydrogen-bond acceptors (Lipinski definition) is 5. The number of methoxy groups -OCH3 is 1. The summed E-state index contributed by atoms with van der Waals surface area (Å²) in [6.45, 7) is 5.73. The average Bonchev–Trinajstić information content (AvgIpc) is 2.98. The SMILES string of the molecule is C=c1cc(C)n2ncc(=C(O)Cc3ccccc3C(=O)OC)c2n1. The van der Waals surface area contributed by atoms with E-state index in [1.807, 2.05) is 19.1 Å². The van der Waals surface area contributed by atoms with E-state index >= 15 is 0 Å². The Kier molecular flexibility index (Phi) is 4.04. The summed E-state index contributed by atoms with van der Waals surface area (Å²) in [4.78, 5) is 16.2. The van der Waals surface area contributed by atoms with Gasteiger partial charge in [0.25, 0.3) is 0 Å². The summed E-state index contributed by atoms with van der Waals surface area (Å²) >= 11 is 0. The summed E-state index contributed by atoms with van der Waals surface area (Å²) in [6.07, 6.45) is 1.74. The smallest absolute Gasteiger partial charge is 0.338 e. The molecule has 0 amide bonds. The minimum absolute atomic E-state index is 0.0823. The van der Waals surface area contributed by atoms with E-state index in [1.54, 1.807) is 28.9 Å². The molecule has 0 spiro atoms. The summed E-state index contributed by atoms with van der Waals surface area (Å²) < 4.78 is 6.43. The van der Waals surface area contributed by atoms with Gasteiger partial charge in [-0.2, -0.15) is 5.10 Å². The molecule has 1 aromatic carbocycles. The highest BCUT2D eigenvalue weighted by Crippen LogP contribution is 2.14. The molecule has 3 rings (SSSR count). The Balaban J connectivity index is 2.14. The lowest BCUT2D eigenvalue weighted by Crippen LogP contribution is -2.16. The third kappa shape index (κ3) is 2.74. The normalized spacial score (nSPS) is 12.2. The van der Waals surface area contributed by atoms with Gasteiger partial charge in [0.1, 0.15) is 5.76 Å². The van der Waals surface area contributed by atoms with Crippen LogP contribution in [-0.2, 0) is 11.2 Å². The Morgan fingerprint density at radius 3 is 2.88 bits per heavy atom. The topological polar surface area (TPSA) is 76.7 Å². The fraction of sp³-hybridized carbons (Fsp3) is 0.167. The number of rotatable bonds is 3. The maximum absolute atomic E-state index is 11.9. The Morgan fingerprint density at radius 1 is 1.38 bits per heavy atom. The summed E-state index contributed by atoms with van der Waals surface area (Å²) in [7, 11) is 1.33. The first kappa shape index (κ1) is 15.7. The van der Waals surface area contributed by atoms with Crippen LogP contribution in [-0.4, -0.2) is 32.8 Å². The van der Waals surface area contributed by atoms with E-state index in [2.05, 4.69) is 16.7 Å². The molecule has 0 saturated heterocycles. The molecule has 6 heteroatoms. The van der Waals surface area contributed by atoms with Crippen LogP contribution in [0.3, 0.4) is 0 Å². The average molecular weight is 323 g/mol. The largest absolute Gasteiger partial charge is 0.511 e. The predicted molar refractivity (Wildman–Crippen MR) is 90.0 cm³/mol. The molecule has 0 aliphatic heterocycles. The highest BCUT2D eigenvalue weighted by Gasteiger charge is 2.13. The Hall–Kier alpha value is -3.15. The van der Waals surface area contributed by atoms with Crippen LogP contribution in [0, 0.1) is 6.92 Å². The molecule has 3 aromatic rings. The Morgan fingerprint density at radius 2 is 2.12 bits per heavy atom. The Bertz CT molecular complexity index is 1040. The van der Waals surface area contributed by atoms with Gasteiger partial charge in [0.2, 0.25) is 0 Å². The molecular formula is C18H17N3O3. The fourth-order valence-electron chi connectivity index (χ4n) is 2.64. The van der Waals surface area contributed by atoms with Crippen molar-refractivity contribution in [2.75, 3.05) is 7.11 Å². The minimum Gasteiger partial charge on any atom is -0.511 e. The number of aliphatic hydroxyl groups is 1. The number of carbonyl (C=O) groups is 1. The molecule has 0 saturated carbocycles. The molecule has 0 radical (unpaired) electrons. The molecular weight excluding hydrogens is 306 g/mol. The lowest BCUT2D eigenvalue weighted by Gasteiger charge is -2.07. The van der Waals surface area contributed by atoms with Gasteiger partial charge in [-0.3, -0.25) is 0 Å². The van der Waals surface area contributed by atoms with E-state index in [0.717, 1.165) is 5.69 Å². The van der Waals surface area contributed by atoms with Crippen molar-refractivity contribution in [3.05, 3.63) is 63.9 Å². The third-order valence-corrected chi connectivity index (χ3v) is 3.79. The summed E-state index contributed by atoms with van der Waals surface area (Å²) in [5.74, 6) is -0.355. The van der Waals surface area contributed by atoms with Crippen LogP contribution in [0.25, 0.3) is 18.0 Å². The molecule has 1 N–H and O–H groups in total. The highest BCUT2D eigenvalue weighted by molar-refractivity contribution is 5.91. The summed E-state index contributed by atoms with van der Waals surface area (Å²) in [6, 6.07) is 8.82. The number of carbonyl (C=O) groups excluding carboxylic acids is 1. The first-order valence-electron chi connectivity index (χ1n) is 7.40. The van der Waals surface area contributed by atoms with Crippen LogP contribution in [0.15, 0.2) is 36.5 Å². The molecule has 2 heterocycles. The second-order valence-electron chi connectivity index (χ2n) is 5.45. The van der Waals surface area contributed by atoms with E-state index < -0.39 is 5.97 Å². The molecule has 2 aromatic heterocycles. The van der Waals surface area contributed by atoms with E-state index in [-0.39, 0.29) is 12.2 Å². The van der Waals surface area contributed by atoms with E-state index in [1.165, 1.54) is 7.11 Å². The molecule has 24 heavy (non-hydrogen) atoms. The van der Waals surface area contributed by atoms with Crippen LogP contribution in [0.5, 0.6) is 0 Å². The highest BCUT2D eigenvalue weighted by atomic mass is 16.5. The van der Waals surface area contributed by atoms with Crippen molar-refractivity contribution in [2.45, 2.75) is 13.3 Å². The Labute approximate surface area is 138 Å². The second-order valence-corrected chi connectivity index (χ2v) is 5.45. The van der Waals surface area contributed by atoms with Crippen molar-refractivity contribution in [3.8, 4) is 0 Å². The molecule has 6 nitrogen and oxygen atoms in total. The number of fused-ring (bicyclic) bond motifs is 1. The monoisotopic (exact) mass is 323 g/mol. The zero-order valence-electron chi connectivity index (χ0n) is 13.5. The lowest BCUT2D eigenvalue weighted by molar-refractivity contribution is 0.0599. The number of benzene rings is 1. The van der Waals surface area contributed by atoms with Gasteiger partial charge < -0.3 is 9.84 Å². The number of aromatic nitrogens is 3. The molecule has 0 atom stereocenters. The molecule has 0 unspecified atom stereocenters. The molecule has 0 aliphatic carbocycles. The zero-order valence-corrected chi connectivity index (χ0v) is 13.5. The van der Waals surface area contributed by atoms with Crippen molar-refractivity contribution in [1.29, 1.82) is 0 Å². The first-order chi connectivity index (χ1) is 11.5. The van der Waals surface area contributed by atoms with Gasteiger partial charge >= 0.3 is 5.97 Å². The van der Waals surface area contributed by atoms with Crippen molar-refractivity contribution >= 4 is 24.0 Å². The van der Waals surface area contributed by atoms with Gasteiger partial charge in [0.05, 0.1) is 29.4 Å². The van der Waals surface area contributed by atoms with Gasteiger partial charge in [0, 0.05) is 12.1 Å². The van der Waals surface area contributed by atoms with E-state index in [0.29, 0.717) is 27.3 Å². The third-order valence-electron chi connectivity index (χ3n) is 3.79. The zero-order chi connectivity index (χ0) is 17.3. The predicted octanol–water partition coefficient (Wildman–Crippen LogP) is 1.14. The minimum atomic E-state index is -0.438. The van der Waals surface area contributed by atoms with Crippen molar-refractivity contribution in [2.24, 2.45) is 0 Å². The van der Waals surface area contributed by atoms with Crippen LogP contribution in [0.2, 0.25) is 0 Å². The van der Waals surface area contributed by atoms with Gasteiger partial charge in [0.15, 0.2) is 5.65 Å². The number of aryl methyl sites for hydroxylation is 1.